The fraction of sp³-hybridized carbons (Fsp3) is 0.733. The molecule has 1 aromatic rings. The van der Waals surface area contributed by atoms with Crippen LogP contribution in [0.3, 0.4) is 0 Å². The normalized spacial score (nSPS) is 11.7. The minimum atomic E-state index is -1.01. The van der Waals surface area contributed by atoms with E-state index in [9.17, 15) is 14.4 Å². The summed E-state index contributed by atoms with van der Waals surface area (Å²) in [6.07, 6.45) is 5.65. The lowest BCUT2D eigenvalue weighted by molar-refractivity contribution is -0.130. The Morgan fingerprint density at radius 2 is 1.92 bits per heavy atom. The molecule has 0 aromatic carbocycles. The maximum absolute atomic E-state index is 11.9. The van der Waals surface area contributed by atoms with Gasteiger partial charge in [0.15, 0.2) is 5.82 Å². The number of nitrogens with one attached hydrogen (secondary N) is 3. The number of amides is 3. The third-order valence-electron chi connectivity index (χ3n) is 3.64. The Morgan fingerprint density at radius 3 is 2.56 bits per heavy atom. The van der Waals surface area contributed by atoms with Crippen molar-refractivity contribution in [3.8, 4) is 0 Å². The highest BCUT2D eigenvalue weighted by molar-refractivity contribution is 5.91. The van der Waals surface area contributed by atoms with Crippen molar-refractivity contribution < 1.29 is 14.4 Å². The molecule has 0 fully saturated rings. The molecule has 0 saturated carbocycles. The molecule has 1 atom stereocenters. The van der Waals surface area contributed by atoms with Gasteiger partial charge in [0.25, 0.3) is 0 Å². The smallest absolute Gasteiger partial charge is 0.240 e. The Labute approximate surface area is 146 Å². The lowest BCUT2D eigenvalue weighted by Crippen LogP contribution is -2.47. The van der Waals surface area contributed by atoms with E-state index in [0.29, 0.717) is 25.2 Å². The molecule has 0 spiro atoms. The lowest BCUT2D eigenvalue weighted by Gasteiger charge is -2.15. The number of nitrogens with two attached hydrogens (primary N) is 1. The fourth-order valence-corrected chi connectivity index (χ4v) is 2.24. The van der Waals surface area contributed by atoms with Gasteiger partial charge in [-0.25, -0.2) is 0 Å². The molecule has 1 aromatic heterocycles. The quantitative estimate of drug-likeness (QED) is 0.353. The van der Waals surface area contributed by atoms with Gasteiger partial charge < -0.3 is 16.4 Å². The van der Waals surface area contributed by atoms with Crippen LogP contribution in [0.2, 0.25) is 0 Å². The highest BCUT2D eigenvalue weighted by atomic mass is 16.2. The molecule has 1 rings (SSSR count). The third kappa shape index (κ3) is 9.38. The summed E-state index contributed by atoms with van der Waals surface area (Å²) in [5.41, 5.74) is 5.27. The number of aromatic nitrogens is 4. The first-order valence-corrected chi connectivity index (χ1v) is 8.60. The van der Waals surface area contributed by atoms with E-state index in [-0.39, 0.29) is 18.2 Å². The lowest BCUT2D eigenvalue weighted by atomic mass is 10.1. The number of tetrazole rings is 1. The maximum atomic E-state index is 11.9. The third-order valence-corrected chi connectivity index (χ3v) is 3.64. The molecule has 0 aliphatic carbocycles. The SMILES string of the molecule is CCCCCCCC(=O)N[C@H](CC(=O)NCCc1nn[nH]n1)C(N)=O. The number of aromatic amines is 1. The van der Waals surface area contributed by atoms with Crippen LogP contribution in [0.5, 0.6) is 0 Å². The highest BCUT2D eigenvalue weighted by Crippen LogP contribution is 2.05. The first-order valence-electron chi connectivity index (χ1n) is 8.60. The molecule has 5 N–H and O–H groups in total. The molecular weight excluding hydrogens is 326 g/mol. The van der Waals surface area contributed by atoms with E-state index in [4.69, 9.17) is 5.73 Å². The van der Waals surface area contributed by atoms with E-state index in [1.807, 2.05) is 0 Å². The summed E-state index contributed by atoms with van der Waals surface area (Å²) in [7, 11) is 0. The summed E-state index contributed by atoms with van der Waals surface area (Å²) < 4.78 is 0. The first-order chi connectivity index (χ1) is 12.0. The zero-order valence-electron chi connectivity index (χ0n) is 14.6. The van der Waals surface area contributed by atoms with Gasteiger partial charge in [0.05, 0.1) is 6.42 Å². The summed E-state index contributed by atoms with van der Waals surface area (Å²) in [5, 5.41) is 18.4. The average molecular weight is 353 g/mol. The minimum absolute atomic E-state index is 0.191. The van der Waals surface area contributed by atoms with E-state index in [1.54, 1.807) is 0 Å². The summed E-state index contributed by atoms with van der Waals surface area (Å²) in [6.45, 7) is 2.42. The number of unbranched alkanes of at least 4 members (excludes halogenated alkanes) is 4. The Balaban J connectivity index is 2.26. The molecule has 0 unspecified atom stereocenters. The van der Waals surface area contributed by atoms with Gasteiger partial charge in [-0.1, -0.05) is 37.8 Å². The van der Waals surface area contributed by atoms with Crippen LogP contribution in [-0.4, -0.2) is 50.9 Å². The maximum Gasteiger partial charge on any atom is 0.240 e. The topological polar surface area (TPSA) is 156 Å². The average Bonchev–Trinajstić information content (AvgIpc) is 3.07. The monoisotopic (exact) mass is 353 g/mol. The van der Waals surface area contributed by atoms with Gasteiger partial charge in [-0.15, -0.1) is 10.2 Å². The van der Waals surface area contributed by atoms with E-state index < -0.39 is 11.9 Å². The van der Waals surface area contributed by atoms with Gasteiger partial charge in [-0.2, -0.15) is 5.21 Å². The zero-order chi connectivity index (χ0) is 18.5. The molecule has 25 heavy (non-hydrogen) atoms. The second-order valence-electron chi connectivity index (χ2n) is 5.82. The van der Waals surface area contributed by atoms with Crippen LogP contribution in [0.4, 0.5) is 0 Å². The van der Waals surface area contributed by atoms with Gasteiger partial charge in [-0.05, 0) is 6.42 Å². The van der Waals surface area contributed by atoms with Crippen molar-refractivity contribution in [2.24, 2.45) is 5.73 Å². The summed E-state index contributed by atoms with van der Waals surface area (Å²) in [5.74, 6) is -0.897. The van der Waals surface area contributed by atoms with Crippen molar-refractivity contribution >= 4 is 17.7 Å². The van der Waals surface area contributed by atoms with E-state index >= 15 is 0 Å². The van der Waals surface area contributed by atoms with Crippen LogP contribution < -0.4 is 16.4 Å². The van der Waals surface area contributed by atoms with Gasteiger partial charge in [0.1, 0.15) is 6.04 Å². The largest absolute Gasteiger partial charge is 0.368 e. The van der Waals surface area contributed by atoms with Crippen LogP contribution in [0, 0.1) is 0 Å². The molecule has 10 nitrogen and oxygen atoms in total. The van der Waals surface area contributed by atoms with Crippen LogP contribution in [0.25, 0.3) is 0 Å². The van der Waals surface area contributed by atoms with Gasteiger partial charge in [0.2, 0.25) is 17.7 Å². The molecule has 0 radical (unpaired) electrons. The van der Waals surface area contributed by atoms with Crippen molar-refractivity contribution in [3.05, 3.63) is 5.82 Å². The fourth-order valence-electron chi connectivity index (χ4n) is 2.24. The van der Waals surface area contributed by atoms with Crippen LogP contribution in [-0.2, 0) is 20.8 Å². The van der Waals surface area contributed by atoms with Gasteiger partial charge >= 0.3 is 0 Å². The van der Waals surface area contributed by atoms with E-state index in [1.165, 1.54) is 0 Å². The van der Waals surface area contributed by atoms with E-state index in [0.717, 1.165) is 32.1 Å². The number of carbonyl (C=O) groups excluding carboxylic acids is 3. The second kappa shape index (κ2) is 11.9. The number of primary amides is 1. The molecule has 0 bridgehead atoms. The first kappa shape index (κ1) is 20.5. The predicted octanol–water partition coefficient (Wildman–Crippen LogP) is -0.421. The molecule has 1 heterocycles. The molecule has 3 amide bonds. The van der Waals surface area contributed by atoms with Crippen molar-refractivity contribution in [1.82, 2.24) is 31.3 Å². The molecule has 140 valence electrons. The molecule has 0 aliphatic heterocycles. The number of hydrogen-bond donors (Lipinski definition) is 4. The van der Waals surface area contributed by atoms with Crippen LogP contribution >= 0.6 is 0 Å². The Morgan fingerprint density at radius 1 is 1.16 bits per heavy atom. The molecular formula is C15H27N7O3. The number of hydrogen-bond acceptors (Lipinski definition) is 6. The number of rotatable bonds is 13. The minimum Gasteiger partial charge on any atom is -0.368 e. The summed E-state index contributed by atoms with van der Waals surface area (Å²) >= 11 is 0. The van der Waals surface area contributed by atoms with Gasteiger partial charge in [0, 0.05) is 19.4 Å². The number of nitrogens with zero attached hydrogens (tertiary/aromatic N) is 3. The van der Waals surface area contributed by atoms with E-state index in [2.05, 4.69) is 38.2 Å². The summed E-state index contributed by atoms with van der Waals surface area (Å²) in [6, 6.07) is -1.01. The molecule has 0 aliphatic rings. The number of carbonyl (C=O) groups is 3. The van der Waals surface area contributed by atoms with Crippen LogP contribution in [0.1, 0.15) is 57.7 Å². The Kier molecular flexibility index (Phi) is 9.79. The van der Waals surface area contributed by atoms with Crippen molar-refractivity contribution in [2.45, 2.75) is 64.3 Å². The number of H-pyrrole nitrogens is 1. The zero-order valence-corrected chi connectivity index (χ0v) is 14.6. The summed E-state index contributed by atoms with van der Waals surface area (Å²) in [4.78, 5) is 35.2. The second-order valence-corrected chi connectivity index (χ2v) is 5.82. The Bertz CT molecular complexity index is 533. The van der Waals surface area contributed by atoms with Crippen molar-refractivity contribution in [2.75, 3.05) is 6.54 Å². The van der Waals surface area contributed by atoms with Crippen LogP contribution in [0.15, 0.2) is 0 Å². The molecule has 0 saturated heterocycles. The van der Waals surface area contributed by atoms with Gasteiger partial charge in [-0.3, -0.25) is 14.4 Å². The Hall–Kier alpha value is -2.52. The predicted molar refractivity (Wildman–Crippen MR) is 90.0 cm³/mol. The standard InChI is InChI=1S/C15H27N7O3/c1-2-3-4-5-6-7-13(23)18-11(15(16)25)10-14(24)17-9-8-12-19-21-22-20-12/h11H,2-10H2,1H3,(H2,16,25)(H,17,24)(H,18,23)(H,19,20,21,22)/t11-/m1/s1. The highest BCUT2D eigenvalue weighted by Gasteiger charge is 2.21. The van der Waals surface area contributed by atoms with Crippen molar-refractivity contribution in [1.29, 1.82) is 0 Å². The van der Waals surface area contributed by atoms with Crippen molar-refractivity contribution in [3.63, 3.8) is 0 Å². The molecule has 10 heteroatoms.